The minimum atomic E-state index is -4.20. The molecule has 0 heterocycles. The third-order valence-electron chi connectivity index (χ3n) is 7.03. The molecule has 0 spiro atoms. The third-order valence-corrected chi connectivity index (χ3v) is 9.57. The maximum atomic E-state index is 14.5. The summed E-state index contributed by atoms with van der Waals surface area (Å²) >= 11 is 9.55. The Kier molecular flexibility index (Phi) is 11.6. The Balaban J connectivity index is 1.80. The van der Waals surface area contributed by atoms with Crippen LogP contribution in [-0.4, -0.2) is 44.3 Å². The van der Waals surface area contributed by atoms with Gasteiger partial charge in [-0.25, -0.2) is 8.42 Å². The molecule has 230 valence electrons. The van der Waals surface area contributed by atoms with Gasteiger partial charge in [-0.3, -0.25) is 13.9 Å². The third kappa shape index (κ3) is 8.71. The molecule has 0 fully saturated rings. The van der Waals surface area contributed by atoms with Crippen molar-refractivity contribution in [3.05, 3.63) is 129 Å². The molecule has 10 heteroatoms. The molecule has 0 bridgehead atoms. The highest BCUT2D eigenvalue weighted by molar-refractivity contribution is 9.10. The summed E-state index contributed by atoms with van der Waals surface area (Å²) in [7, 11) is -4.20. The molecule has 44 heavy (non-hydrogen) atoms. The van der Waals surface area contributed by atoms with Gasteiger partial charge < -0.3 is 10.2 Å². The molecule has 4 rings (SSSR count). The van der Waals surface area contributed by atoms with E-state index < -0.39 is 28.5 Å². The van der Waals surface area contributed by atoms with E-state index in [9.17, 15) is 18.0 Å². The van der Waals surface area contributed by atoms with Gasteiger partial charge in [0.15, 0.2) is 0 Å². The van der Waals surface area contributed by atoms with Crippen LogP contribution in [0.25, 0.3) is 0 Å². The first-order chi connectivity index (χ1) is 21.1. The summed E-state index contributed by atoms with van der Waals surface area (Å²) in [6.45, 7) is 3.83. The Morgan fingerprint density at radius 3 is 2.23 bits per heavy atom. The molecule has 0 unspecified atom stereocenters. The van der Waals surface area contributed by atoms with Crippen LogP contribution >= 0.6 is 27.5 Å². The van der Waals surface area contributed by atoms with Crippen molar-refractivity contribution in [1.29, 1.82) is 0 Å². The maximum absolute atomic E-state index is 14.5. The Morgan fingerprint density at radius 1 is 0.886 bits per heavy atom. The smallest absolute Gasteiger partial charge is 0.264 e. The van der Waals surface area contributed by atoms with Gasteiger partial charge in [-0.05, 0) is 78.6 Å². The first-order valence-electron chi connectivity index (χ1n) is 14.3. The number of hydrogen-bond donors (Lipinski definition) is 1. The van der Waals surface area contributed by atoms with E-state index in [0.717, 1.165) is 31.9 Å². The Hall–Kier alpha value is -3.66. The van der Waals surface area contributed by atoms with E-state index in [2.05, 4.69) is 21.2 Å². The van der Waals surface area contributed by atoms with Crippen molar-refractivity contribution in [2.45, 2.75) is 44.2 Å². The zero-order valence-electron chi connectivity index (χ0n) is 24.6. The lowest BCUT2D eigenvalue weighted by Crippen LogP contribution is -2.53. The first kappa shape index (κ1) is 33.2. The fourth-order valence-electron chi connectivity index (χ4n) is 4.80. The molecule has 0 aliphatic heterocycles. The molecule has 4 aromatic carbocycles. The van der Waals surface area contributed by atoms with Gasteiger partial charge in [-0.1, -0.05) is 89.1 Å². The maximum Gasteiger partial charge on any atom is 0.264 e. The predicted molar refractivity (Wildman–Crippen MR) is 179 cm³/mol. The highest BCUT2D eigenvalue weighted by Crippen LogP contribution is 2.27. The van der Waals surface area contributed by atoms with Crippen LogP contribution in [0.1, 0.15) is 30.0 Å². The molecule has 0 aliphatic rings. The number of carbonyl (C=O) groups excluding carboxylic acids is 2. The fourth-order valence-corrected chi connectivity index (χ4v) is 6.78. The Morgan fingerprint density at radius 2 is 1.57 bits per heavy atom. The summed E-state index contributed by atoms with van der Waals surface area (Å²) in [4.78, 5) is 29.6. The van der Waals surface area contributed by atoms with Gasteiger partial charge in [-0.2, -0.15) is 0 Å². The van der Waals surface area contributed by atoms with Crippen molar-refractivity contribution in [2.75, 3.05) is 17.4 Å². The summed E-state index contributed by atoms with van der Waals surface area (Å²) in [6, 6.07) is 28.9. The van der Waals surface area contributed by atoms with Crippen LogP contribution in [0.3, 0.4) is 0 Å². The van der Waals surface area contributed by atoms with Crippen molar-refractivity contribution in [2.24, 2.45) is 0 Å². The predicted octanol–water partition coefficient (Wildman–Crippen LogP) is 6.77. The van der Waals surface area contributed by atoms with Crippen molar-refractivity contribution in [3.8, 4) is 0 Å². The zero-order valence-corrected chi connectivity index (χ0v) is 27.8. The minimum Gasteiger partial charge on any atom is -0.354 e. The summed E-state index contributed by atoms with van der Waals surface area (Å²) in [5.74, 6) is -0.821. The largest absolute Gasteiger partial charge is 0.354 e. The van der Waals surface area contributed by atoms with E-state index in [-0.39, 0.29) is 23.8 Å². The lowest BCUT2D eigenvalue weighted by Gasteiger charge is -2.34. The van der Waals surface area contributed by atoms with Crippen LogP contribution in [0.2, 0.25) is 5.02 Å². The zero-order chi connectivity index (χ0) is 31.7. The van der Waals surface area contributed by atoms with E-state index >= 15 is 0 Å². The highest BCUT2D eigenvalue weighted by atomic mass is 79.9. The number of rotatable bonds is 13. The molecule has 4 aromatic rings. The summed E-state index contributed by atoms with van der Waals surface area (Å²) < 4.78 is 30.1. The van der Waals surface area contributed by atoms with Gasteiger partial charge >= 0.3 is 0 Å². The van der Waals surface area contributed by atoms with Crippen molar-refractivity contribution in [3.63, 3.8) is 0 Å². The second-order valence-electron chi connectivity index (χ2n) is 10.5. The molecule has 1 N–H and O–H groups in total. The SMILES string of the molecule is CCCNC(=O)[C@H](Cc1ccccc1)N(Cc1cccc(Br)c1)C(=O)CN(c1cccc(C)c1)S(=O)(=O)c1ccc(Cl)cc1. The number of nitrogens with one attached hydrogen (secondary N) is 1. The second-order valence-corrected chi connectivity index (χ2v) is 13.7. The molecular formula is C34H35BrClN3O4S. The number of benzene rings is 4. The molecule has 0 saturated heterocycles. The van der Waals surface area contributed by atoms with Crippen molar-refractivity contribution < 1.29 is 18.0 Å². The van der Waals surface area contributed by atoms with Crippen LogP contribution in [-0.2, 0) is 32.6 Å². The molecule has 1 atom stereocenters. The fraction of sp³-hybridized carbons (Fsp3) is 0.235. The van der Waals surface area contributed by atoms with Gasteiger partial charge in [0, 0.05) is 29.0 Å². The number of aryl methyl sites for hydroxylation is 1. The Bertz CT molecular complexity index is 1680. The number of hydrogen-bond acceptors (Lipinski definition) is 4. The highest BCUT2D eigenvalue weighted by Gasteiger charge is 2.34. The number of amides is 2. The lowest BCUT2D eigenvalue weighted by atomic mass is 10.0. The monoisotopic (exact) mass is 695 g/mol. The van der Waals surface area contributed by atoms with Crippen molar-refractivity contribution >= 4 is 55.1 Å². The number of halogens is 2. The molecule has 0 radical (unpaired) electrons. The van der Waals surface area contributed by atoms with Gasteiger partial charge in [0.2, 0.25) is 11.8 Å². The van der Waals surface area contributed by atoms with Gasteiger partial charge in [0.05, 0.1) is 10.6 Å². The molecule has 0 aromatic heterocycles. The van der Waals surface area contributed by atoms with E-state index in [1.54, 1.807) is 18.2 Å². The van der Waals surface area contributed by atoms with E-state index in [1.165, 1.54) is 29.2 Å². The average Bonchev–Trinajstić information content (AvgIpc) is 3.01. The average molecular weight is 697 g/mol. The molecule has 0 aliphatic carbocycles. The van der Waals surface area contributed by atoms with Crippen LogP contribution in [0.4, 0.5) is 5.69 Å². The standard InChI is InChI=1S/C34H35BrClN3O4S/c1-3-19-37-34(41)32(22-26-10-5-4-6-11-26)38(23-27-12-8-13-28(35)21-27)33(40)24-39(30-14-7-9-25(2)20-30)44(42,43)31-17-15-29(36)16-18-31/h4-18,20-21,32H,3,19,22-24H2,1-2H3,(H,37,41)/t32-/m0/s1. The van der Waals surface area contributed by atoms with Crippen LogP contribution in [0, 0.1) is 6.92 Å². The summed E-state index contributed by atoms with van der Waals surface area (Å²) in [5.41, 5.74) is 2.83. The van der Waals surface area contributed by atoms with E-state index in [0.29, 0.717) is 17.3 Å². The van der Waals surface area contributed by atoms with Gasteiger partial charge in [0.25, 0.3) is 10.0 Å². The summed E-state index contributed by atoms with van der Waals surface area (Å²) in [5, 5.41) is 3.35. The van der Waals surface area contributed by atoms with Crippen LogP contribution in [0.5, 0.6) is 0 Å². The molecular weight excluding hydrogens is 662 g/mol. The van der Waals surface area contributed by atoms with Crippen molar-refractivity contribution in [1.82, 2.24) is 10.2 Å². The molecule has 2 amide bonds. The molecule has 7 nitrogen and oxygen atoms in total. The molecule has 0 saturated carbocycles. The number of nitrogens with zero attached hydrogens (tertiary/aromatic N) is 2. The topological polar surface area (TPSA) is 86.8 Å². The second kappa shape index (κ2) is 15.4. The van der Waals surface area contributed by atoms with Crippen LogP contribution < -0.4 is 9.62 Å². The summed E-state index contributed by atoms with van der Waals surface area (Å²) in [6.07, 6.45) is 0.981. The quantitative estimate of drug-likeness (QED) is 0.167. The number of carbonyl (C=O) groups is 2. The lowest BCUT2D eigenvalue weighted by molar-refractivity contribution is -0.140. The Labute approximate surface area is 273 Å². The van der Waals surface area contributed by atoms with Crippen LogP contribution in [0.15, 0.2) is 112 Å². The van der Waals surface area contributed by atoms with Gasteiger partial charge in [0.1, 0.15) is 12.6 Å². The van der Waals surface area contributed by atoms with E-state index in [4.69, 9.17) is 11.6 Å². The number of anilines is 1. The van der Waals surface area contributed by atoms with E-state index in [1.807, 2.05) is 74.5 Å². The first-order valence-corrected chi connectivity index (χ1v) is 16.9. The number of sulfonamides is 1. The normalized spacial score (nSPS) is 11.9. The minimum absolute atomic E-state index is 0.00345. The van der Waals surface area contributed by atoms with Gasteiger partial charge in [-0.15, -0.1) is 0 Å².